The Morgan fingerprint density at radius 3 is 2.81 bits per heavy atom. The molecule has 2 saturated heterocycles. The van der Waals surface area contributed by atoms with E-state index in [0.717, 1.165) is 62.8 Å². The number of imide groups is 1. The summed E-state index contributed by atoms with van der Waals surface area (Å²) < 4.78 is 7.17. The minimum atomic E-state index is -0.352. The van der Waals surface area contributed by atoms with Crippen LogP contribution in [0.3, 0.4) is 0 Å². The molecule has 0 saturated carbocycles. The summed E-state index contributed by atoms with van der Waals surface area (Å²) in [4.78, 5) is 30.2. The van der Waals surface area contributed by atoms with Crippen molar-refractivity contribution in [2.75, 3.05) is 18.1 Å². The van der Waals surface area contributed by atoms with E-state index in [1.54, 1.807) is 11.3 Å². The number of halogens is 1. The van der Waals surface area contributed by atoms with Crippen LogP contribution < -0.4 is 15.0 Å². The van der Waals surface area contributed by atoms with E-state index in [9.17, 15) is 9.59 Å². The van der Waals surface area contributed by atoms with Gasteiger partial charge in [-0.15, -0.1) is 0 Å². The third-order valence-corrected chi connectivity index (χ3v) is 7.79. The van der Waals surface area contributed by atoms with Crippen molar-refractivity contribution in [1.82, 2.24) is 10.3 Å². The lowest BCUT2D eigenvalue weighted by atomic mass is 10.1. The average molecular weight is 474 g/mol. The highest BCUT2D eigenvalue weighted by molar-refractivity contribution is 8.15. The van der Waals surface area contributed by atoms with Gasteiger partial charge in [0.2, 0.25) is 5.91 Å². The third-order valence-electron chi connectivity index (χ3n) is 5.52. The molecule has 1 unspecified atom stereocenters. The monoisotopic (exact) mass is 473 g/mol. The van der Waals surface area contributed by atoms with Crippen LogP contribution in [0.1, 0.15) is 18.4 Å². The smallest absolute Gasteiger partial charge is 0.286 e. The third kappa shape index (κ3) is 4.51. The molecule has 3 heterocycles. The predicted octanol–water partition coefficient (Wildman–Crippen LogP) is 4.89. The summed E-state index contributed by atoms with van der Waals surface area (Å²) in [5, 5.41) is 3.44. The van der Waals surface area contributed by atoms with E-state index >= 15 is 0 Å². The molecule has 2 atom stereocenters. The molecule has 31 heavy (non-hydrogen) atoms. The molecule has 6 nitrogen and oxygen atoms in total. The summed E-state index contributed by atoms with van der Waals surface area (Å²) in [6, 6.07) is 13.8. The van der Waals surface area contributed by atoms with Crippen molar-refractivity contribution in [3.05, 3.63) is 53.1 Å². The fraction of sp³-hybridized carbons (Fsp3) is 0.318. The van der Waals surface area contributed by atoms with E-state index in [1.165, 1.54) is 0 Å². The molecule has 9 heteroatoms. The second kappa shape index (κ2) is 8.68. The summed E-state index contributed by atoms with van der Waals surface area (Å²) in [5.41, 5.74) is 1.98. The number of benzene rings is 2. The Labute approximate surface area is 192 Å². The lowest BCUT2D eigenvalue weighted by molar-refractivity contribution is -0.118. The van der Waals surface area contributed by atoms with Crippen molar-refractivity contribution >= 4 is 61.2 Å². The fourth-order valence-electron chi connectivity index (χ4n) is 3.93. The number of carbonyl (C=O) groups excluding carboxylic acids is 2. The van der Waals surface area contributed by atoms with Crippen LogP contribution in [0.15, 0.2) is 42.5 Å². The van der Waals surface area contributed by atoms with Gasteiger partial charge in [-0.1, -0.05) is 46.8 Å². The summed E-state index contributed by atoms with van der Waals surface area (Å²) >= 11 is 8.83. The molecule has 0 spiro atoms. The standard InChI is InChI=1S/C22H20ClN3O3S2/c23-14-5-8-17-18(11-14)30-21(24-17)26-9-1-2-15(26)12-29-16-6-3-13(4-7-16)10-19-20(27)25-22(28)31-19/h3-8,11,15,19H,1-2,9-10,12H2,(H,25,27,28)/t15-,19?/m0/s1. The predicted molar refractivity (Wildman–Crippen MR) is 126 cm³/mol. The van der Waals surface area contributed by atoms with Crippen LogP contribution in [0.5, 0.6) is 5.75 Å². The number of hydrogen-bond donors (Lipinski definition) is 1. The molecule has 0 radical (unpaired) electrons. The van der Waals surface area contributed by atoms with Gasteiger partial charge in [0, 0.05) is 11.6 Å². The fourth-order valence-corrected chi connectivity index (χ4v) is 6.12. The molecule has 0 bridgehead atoms. The van der Waals surface area contributed by atoms with Crippen LogP contribution in [-0.2, 0) is 11.2 Å². The topological polar surface area (TPSA) is 71.5 Å². The van der Waals surface area contributed by atoms with Crippen LogP contribution in [0.25, 0.3) is 10.2 Å². The molecule has 0 aliphatic carbocycles. The molecule has 2 amide bonds. The van der Waals surface area contributed by atoms with Gasteiger partial charge in [-0.2, -0.15) is 0 Å². The molecule has 1 aromatic heterocycles. The number of rotatable bonds is 6. The highest BCUT2D eigenvalue weighted by Crippen LogP contribution is 2.34. The van der Waals surface area contributed by atoms with Gasteiger partial charge in [0.25, 0.3) is 5.24 Å². The first-order chi connectivity index (χ1) is 15.0. The Kier molecular flexibility index (Phi) is 5.77. The Hall–Kier alpha value is -2.29. The number of ether oxygens (including phenoxy) is 1. The zero-order chi connectivity index (χ0) is 21.4. The van der Waals surface area contributed by atoms with Gasteiger partial charge in [0.15, 0.2) is 5.13 Å². The number of thiazole rings is 1. The van der Waals surface area contributed by atoms with Gasteiger partial charge in [-0.25, -0.2) is 4.98 Å². The lowest BCUT2D eigenvalue weighted by Gasteiger charge is -2.24. The van der Waals surface area contributed by atoms with Crippen molar-refractivity contribution in [2.24, 2.45) is 0 Å². The number of fused-ring (bicyclic) bond motifs is 1. The lowest BCUT2D eigenvalue weighted by Crippen LogP contribution is -2.34. The minimum absolute atomic E-state index is 0.214. The highest BCUT2D eigenvalue weighted by atomic mass is 35.5. The number of anilines is 1. The normalized spacial score (nSPS) is 21.1. The van der Waals surface area contributed by atoms with E-state index in [0.29, 0.717) is 13.0 Å². The second-order valence-electron chi connectivity index (χ2n) is 7.64. The van der Waals surface area contributed by atoms with Crippen LogP contribution in [0, 0.1) is 0 Å². The van der Waals surface area contributed by atoms with E-state index < -0.39 is 0 Å². The summed E-state index contributed by atoms with van der Waals surface area (Å²) in [6.07, 6.45) is 2.71. The number of aromatic nitrogens is 1. The molecular formula is C22H20ClN3O3S2. The number of nitrogens with zero attached hydrogens (tertiary/aromatic N) is 2. The van der Waals surface area contributed by atoms with Crippen LogP contribution in [-0.4, -0.2) is 40.6 Å². The molecule has 5 rings (SSSR count). The highest BCUT2D eigenvalue weighted by Gasteiger charge is 2.31. The van der Waals surface area contributed by atoms with Crippen molar-refractivity contribution < 1.29 is 14.3 Å². The van der Waals surface area contributed by atoms with Crippen molar-refractivity contribution in [3.63, 3.8) is 0 Å². The summed E-state index contributed by atoms with van der Waals surface area (Å²) in [7, 11) is 0. The van der Waals surface area contributed by atoms with Crippen molar-refractivity contribution in [1.29, 1.82) is 0 Å². The molecule has 2 fully saturated rings. The maximum absolute atomic E-state index is 11.7. The Bertz CT molecular complexity index is 1130. The second-order valence-corrected chi connectivity index (χ2v) is 10.3. The summed E-state index contributed by atoms with van der Waals surface area (Å²) in [6.45, 7) is 1.56. The zero-order valence-electron chi connectivity index (χ0n) is 16.5. The molecule has 160 valence electrons. The minimum Gasteiger partial charge on any atom is -0.491 e. The molecule has 3 aromatic rings. The van der Waals surface area contributed by atoms with Gasteiger partial charge in [-0.05, 0) is 55.2 Å². The first-order valence-corrected chi connectivity index (χ1v) is 12.2. The number of thioether (sulfide) groups is 1. The SMILES string of the molecule is O=C1NC(=O)C(Cc2ccc(OC[C@@H]3CCCN3c3nc4ccc(Cl)cc4s3)cc2)S1. The number of carbonyl (C=O) groups is 2. The maximum Gasteiger partial charge on any atom is 0.286 e. The first kappa shape index (κ1) is 20.6. The number of hydrogen-bond acceptors (Lipinski definition) is 7. The van der Waals surface area contributed by atoms with Gasteiger partial charge >= 0.3 is 0 Å². The van der Waals surface area contributed by atoms with Crippen LogP contribution in [0.4, 0.5) is 9.93 Å². The number of amides is 2. The van der Waals surface area contributed by atoms with Crippen molar-refractivity contribution in [3.8, 4) is 5.75 Å². The number of nitrogens with one attached hydrogen (secondary N) is 1. The van der Waals surface area contributed by atoms with E-state index in [2.05, 4.69) is 10.2 Å². The van der Waals surface area contributed by atoms with Gasteiger partial charge in [0.1, 0.15) is 12.4 Å². The summed E-state index contributed by atoms with van der Waals surface area (Å²) in [5.74, 6) is 0.583. The molecule has 2 aliphatic heterocycles. The Balaban J connectivity index is 1.20. The Morgan fingerprint density at radius 1 is 1.19 bits per heavy atom. The quantitative estimate of drug-likeness (QED) is 0.549. The molecule has 2 aromatic carbocycles. The van der Waals surface area contributed by atoms with Crippen molar-refractivity contribution in [2.45, 2.75) is 30.6 Å². The van der Waals surface area contributed by atoms with Crippen LogP contribution >= 0.6 is 34.7 Å². The van der Waals surface area contributed by atoms with Gasteiger partial charge in [0.05, 0.1) is 21.5 Å². The largest absolute Gasteiger partial charge is 0.491 e. The molecular weight excluding hydrogens is 454 g/mol. The maximum atomic E-state index is 11.7. The zero-order valence-corrected chi connectivity index (χ0v) is 18.9. The van der Waals surface area contributed by atoms with Gasteiger partial charge < -0.3 is 9.64 Å². The van der Waals surface area contributed by atoms with E-state index in [-0.39, 0.29) is 22.4 Å². The van der Waals surface area contributed by atoms with Gasteiger partial charge in [-0.3, -0.25) is 14.9 Å². The van der Waals surface area contributed by atoms with E-state index in [1.807, 2.05) is 42.5 Å². The first-order valence-electron chi connectivity index (χ1n) is 10.1. The molecule has 2 aliphatic rings. The average Bonchev–Trinajstić information content (AvgIpc) is 3.45. The van der Waals surface area contributed by atoms with E-state index in [4.69, 9.17) is 21.3 Å². The van der Waals surface area contributed by atoms with Crippen LogP contribution in [0.2, 0.25) is 5.02 Å². The Morgan fingerprint density at radius 2 is 2.03 bits per heavy atom. The molecule has 1 N–H and O–H groups in total.